The van der Waals surface area contributed by atoms with Crippen LogP contribution in [0.1, 0.15) is 25.3 Å². The lowest BCUT2D eigenvalue weighted by Gasteiger charge is -2.08. The molecule has 5 rings (SSSR count). The maximum atomic E-state index is 4.83. The molecule has 0 amide bonds. The molecule has 8 heteroatoms. The van der Waals surface area contributed by atoms with Gasteiger partial charge in [-0.3, -0.25) is 14.6 Å². The lowest BCUT2D eigenvalue weighted by atomic mass is 10.1. The highest BCUT2D eigenvalue weighted by Crippen LogP contribution is 2.33. The van der Waals surface area contributed by atoms with Gasteiger partial charge in [-0.2, -0.15) is 5.10 Å². The Kier molecular flexibility index (Phi) is 4.78. The SMILES string of the molecule is CC(C)c1cc(Nc2ccc3ncc(-c4cn(C)nc4-c4cncs4)cc3n2)n(C)c1. The van der Waals surface area contributed by atoms with Crippen LogP contribution in [0.5, 0.6) is 0 Å². The lowest BCUT2D eigenvalue weighted by molar-refractivity contribution is 0.771. The second kappa shape index (κ2) is 7.63. The third-order valence-electron chi connectivity index (χ3n) is 5.29. The molecule has 0 saturated heterocycles. The number of hydrogen-bond acceptors (Lipinski definition) is 6. The molecule has 156 valence electrons. The van der Waals surface area contributed by atoms with Gasteiger partial charge in [-0.05, 0) is 35.7 Å². The number of aromatic nitrogens is 6. The summed E-state index contributed by atoms with van der Waals surface area (Å²) in [5.74, 6) is 2.28. The zero-order chi connectivity index (χ0) is 21.5. The Morgan fingerprint density at radius 3 is 2.65 bits per heavy atom. The van der Waals surface area contributed by atoms with Crippen LogP contribution in [0.3, 0.4) is 0 Å². The minimum absolute atomic E-state index is 0.477. The van der Waals surface area contributed by atoms with E-state index in [1.165, 1.54) is 5.56 Å². The molecular weight excluding hydrogens is 406 g/mol. The molecule has 0 atom stereocenters. The summed E-state index contributed by atoms with van der Waals surface area (Å²) in [6, 6.07) is 8.19. The molecule has 0 aromatic carbocycles. The normalized spacial score (nSPS) is 11.5. The number of hydrogen-bond donors (Lipinski definition) is 1. The van der Waals surface area contributed by atoms with Crippen LogP contribution in [-0.2, 0) is 14.1 Å². The van der Waals surface area contributed by atoms with Crippen molar-refractivity contribution in [3.63, 3.8) is 0 Å². The van der Waals surface area contributed by atoms with E-state index in [9.17, 15) is 0 Å². The highest BCUT2D eigenvalue weighted by molar-refractivity contribution is 7.13. The van der Waals surface area contributed by atoms with Crippen molar-refractivity contribution in [1.29, 1.82) is 0 Å². The average Bonchev–Trinajstić information content (AvgIpc) is 3.48. The van der Waals surface area contributed by atoms with Gasteiger partial charge in [-0.15, -0.1) is 11.3 Å². The van der Waals surface area contributed by atoms with Gasteiger partial charge in [-0.25, -0.2) is 4.98 Å². The summed E-state index contributed by atoms with van der Waals surface area (Å²) in [6.07, 6.45) is 7.88. The fourth-order valence-electron chi connectivity index (χ4n) is 3.60. The summed E-state index contributed by atoms with van der Waals surface area (Å²) < 4.78 is 3.91. The molecule has 0 aliphatic rings. The van der Waals surface area contributed by atoms with Gasteiger partial charge in [0.1, 0.15) is 17.3 Å². The first-order valence-electron chi connectivity index (χ1n) is 10.1. The standard InChI is InChI=1S/C23H23N7S/c1-14(2)16-8-22(29(3)11-16)27-21-6-5-18-19(26-21)7-15(9-25-18)17-12-30(4)28-23(17)20-10-24-13-31-20/h5-14H,1-4H3,(H,26,27). The summed E-state index contributed by atoms with van der Waals surface area (Å²) >= 11 is 1.58. The van der Waals surface area contributed by atoms with Crippen LogP contribution in [-0.4, -0.2) is 29.3 Å². The summed E-state index contributed by atoms with van der Waals surface area (Å²) in [5.41, 5.74) is 7.71. The Bertz CT molecular complexity index is 1360. The smallest absolute Gasteiger partial charge is 0.132 e. The fraction of sp³-hybridized carbons (Fsp3) is 0.217. The second-order valence-corrected chi connectivity index (χ2v) is 8.83. The molecule has 0 unspecified atom stereocenters. The number of nitrogens with one attached hydrogen (secondary N) is 1. The largest absolute Gasteiger partial charge is 0.337 e. The molecule has 0 bridgehead atoms. The van der Waals surface area contributed by atoms with Gasteiger partial charge in [-0.1, -0.05) is 13.8 Å². The van der Waals surface area contributed by atoms with Crippen LogP contribution in [0.2, 0.25) is 0 Å². The lowest BCUT2D eigenvalue weighted by Crippen LogP contribution is -1.99. The maximum Gasteiger partial charge on any atom is 0.132 e. The molecule has 0 fully saturated rings. The minimum atomic E-state index is 0.477. The van der Waals surface area contributed by atoms with Crippen molar-refractivity contribution in [3.05, 3.63) is 60.1 Å². The van der Waals surface area contributed by atoms with E-state index in [0.717, 1.165) is 44.4 Å². The van der Waals surface area contributed by atoms with E-state index in [-0.39, 0.29) is 0 Å². The number of thiazole rings is 1. The molecule has 0 spiro atoms. The quantitative estimate of drug-likeness (QED) is 0.407. The molecule has 0 radical (unpaired) electrons. The molecule has 0 aliphatic heterocycles. The van der Waals surface area contributed by atoms with Crippen LogP contribution in [0.4, 0.5) is 11.6 Å². The Balaban J connectivity index is 1.52. The summed E-state index contributed by atoms with van der Waals surface area (Å²) in [7, 11) is 3.96. The van der Waals surface area contributed by atoms with Crippen molar-refractivity contribution in [1.82, 2.24) is 29.3 Å². The van der Waals surface area contributed by atoms with E-state index >= 15 is 0 Å². The molecular formula is C23H23N7S. The first kappa shape index (κ1) is 19.4. The van der Waals surface area contributed by atoms with Crippen molar-refractivity contribution < 1.29 is 0 Å². The average molecular weight is 430 g/mol. The minimum Gasteiger partial charge on any atom is -0.337 e. The van der Waals surface area contributed by atoms with Gasteiger partial charge in [0.15, 0.2) is 0 Å². The number of rotatable bonds is 5. The second-order valence-electron chi connectivity index (χ2n) is 7.94. The molecule has 5 aromatic rings. The van der Waals surface area contributed by atoms with Crippen molar-refractivity contribution in [2.45, 2.75) is 19.8 Å². The number of pyridine rings is 2. The first-order valence-corrected chi connectivity index (χ1v) is 11.0. The fourth-order valence-corrected chi connectivity index (χ4v) is 4.22. The van der Waals surface area contributed by atoms with Crippen molar-refractivity contribution >= 4 is 34.0 Å². The Morgan fingerprint density at radius 1 is 1.03 bits per heavy atom. The number of anilines is 2. The van der Waals surface area contributed by atoms with Gasteiger partial charge in [0.05, 0.1) is 21.4 Å². The summed E-state index contributed by atoms with van der Waals surface area (Å²) in [4.78, 5) is 14.7. The van der Waals surface area contributed by atoms with Gasteiger partial charge in [0.2, 0.25) is 0 Å². The van der Waals surface area contributed by atoms with E-state index in [2.05, 4.69) is 57.1 Å². The van der Waals surface area contributed by atoms with Crippen LogP contribution >= 0.6 is 11.3 Å². The van der Waals surface area contributed by atoms with E-state index in [1.54, 1.807) is 11.3 Å². The van der Waals surface area contributed by atoms with Crippen LogP contribution in [0, 0.1) is 0 Å². The molecule has 5 aromatic heterocycles. The van der Waals surface area contributed by atoms with E-state index in [0.29, 0.717) is 5.92 Å². The van der Waals surface area contributed by atoms with Gasteiger partial charge in [0, 0.05) is 50.0 Å². The zero-order valence-corrected chi connectivity index (χ0v) is 18.7. The van der Waals surface area contributed by atoms with E-state index < -0.39 is 0 Å². The van der Waals surface area contributed by atoms with Crippen molar-refractivity contribution in [3.8, 4) is 21.7 Å². The topological polar surface area (TPSA) is 73.5 Å². The predicted octanol–water partition coefficient (Wildman–Crippen LogP) is 5.36. The van der Waals surface area contributed by atoms with Gasteiger partial charge >= 0.3 is 0 Å². The Labute approximate surface area is 184 Å². The number of fused-ring (bicyclic) bond motifs is 1. The molecule has 1 N–H and O–H groups in total. The van der Waals surface area contributed by atoms with Crippen LogP contribution in [0.15, 0.2) is 54.6 Å². The van der Waals surface area contributed by atoms with Crippen LogP contribution in [0.25, 0.3) is 32.7 Å². The predicted molar refractivity (Wildman–Crippen MR) is 126 cm³/mol. The Morgan fingerprint density at radius 2 is 1.90 bits per heavy atom. The third kappa shape index (κ3) is 3.70. The van der Waals surface area contributed by atoms with E-state index in [1.807, 2.05) is 55.0 Å². The monoisotopic (exact) mass is 429 g/mol. The highest BCUT2D eigenvalue weighted by atomic mass is 32.1. The molecule has 5 heterocycles. The molecule has 0 saturated carbocycles. The molecule has 7 nitrogen and oxygen atoms in total. The number of nitrogens with zero attached hydrogens (tertiary/aromatic N) is 6. The van der Waals surface area contributed by atoms with E-state index in [4.69, 9.17) is 4.98 Å². The zero-order valence-electron chi connectivity index (χ0n) is 17.9. The van der Waals surface area contributed by atoms with Crippen molar-refractivity contribution in [2.75, 3.05) is 5.32 Å². The van der Waals surface area contributed by atoms with Gasteiger partial charge in [0.25, 0.3) is 0 Å². The first-order chi connectivity index (χ1) is 15.0. The Hall–Kier alpha value is -3.52. The number of aryl methyl sites for hydroxylation is 2. The molecule has 0 aliphatic carbocycles. The van der Waals surface area contributed by atoms with Crippen LogP contribution < -0.4 is 5.32 Å². The third-order valence-corrected chi connectivity index (χ3v) is 6.07. The molecule has 31 heavy (non-hydrogen) atoms. The maximum absolute atomic E-state index is 4.83. The van der Waals surface area contributed by atoms with Crippen molar-refractivity contribution in [2.24, 2.45) is 14.1 Å². The van der Waals surface area contributed by atoms with Gasteiger partial charge < -0.3 is 9.88 Å². The highest BCUT2D eigenvalue weighted by Gasteiger charge is 2.15. The summed E-state index contributed by atoms with van der Waals surface area (Å²) in [6.45, 7) is 4.39. The summed E-state index contributed by atoms with van der Waals surface area (Å²) in [5, 5.41) is 8.07.